The second kappa shape index (κ2) is 6.88. The van der Waals surface area contributed by atoms with E-state index in [1.54, 1.807) is 23.3 Å². The van der Waals surface area contributed by atoms with E-state index in [0.29, 0.717) is 6.61 Å². The van der Waals surface area contributed by atoms with Crippen LogP contribution in [0.2, 0.25) is 0 Å². The Hall–Kier alpha value is -1.11. The molecule has 0 saturated carbocycles. The molecule has 1 saturated heterocycles. The molecule has 106 valence electrons. The Balaban J connectivity index is 1.78. The Morgan fingerprint density at radius 1 is 1.63 bits per heavy atom. The summed E-state index contributed by atoms with van der Waals surface area (Å²) in [6.45, 7) is 2.69. The number of rotatable bonds is 4. The summed E-state index contributed by atoms with van der Waals surface area (Å²) in [5.74, 6) is 0. The molecule has 0 spiro atoms. The van der Waals surface area contributed by atoms with Crippen LogP contribution in [0.1, 0.15) is 37.1 Å². The Morgan fingerprint density at radius 2 is 2.47 bits per heavy atom. The summed E-state index contributed by atoms with van der Waals surface area (Å²) < 4.78 is 5.39. The van der Waals surface area contributed by atoms with Gasteiger partial charge in [0.15, 0.2) is 6.29 Å². The van der Waals surface area contributed by atoms with Gasteiger partial charge >= 0.3 is 6.03 Å². The molecule has 1 aliphatic heterocycles. The van der Waals surface area contributed by atoms with Gasteiger partial charge in [-0.1, -0.05) is 6.07 Å². The normalized spacial score (nSPS) is 20.8. The minimum atomic E-state index is -0.317. The first-order valence-electron chi connectivity index (χ1n) is 6.52. The number of thiophene rings is 1. The second-order valence-corrected chi connectivity index (χ2v) is 5.60. The molecule has 2 atom stereocenters. The first-order valence-corrected chi connectivity index (χ1v) is 7.40. The largest absolute Gasteiger partial charge is 0.350 e. The summed E-state index contributed by atoms with van der Waals surface area (Å²) in [5.41, 5.74) is 2.46. The maximum atomic E-state index is 12.0. The van der Waals surface area contributed by atoms with Crippen molar-refractivity contribution in [2.75, 3.05) is 13.7 Å². The molecular formula is C13H20N2O3S. The number of amides is 2. The predicted molar refractivity (Wildman–Crippen MR) is 73.7 cm³/mol. The molecule has 2 rings (SSSR count). The van der Waals surface area contributed by atoms with Gasteiger partial charge < -0.3 is 9.64 Å². The first-order chi connectivity index (χ1) is 9.18. The number of nitrogens with one attached hydrogen (secondary N) is 1. The number of nitrogens with zero attached hydrogens (tertiary/aromatic N) is 1. The highest BCUT2D eigenvalue weighted by Crippen LogP contribution is 2.23. The molecule has 0 radical (unpaired) electrons. The highest BCUT2D eigenvalue weighted by atomic mass is 32.1. The van der Waals surface area contributed by atoms with E-state index in [-0.39, 0.29) is 18.4 Å². The lowest BCUT2D eigenvalue weighted by atomic mass is 10.2. The van der Waals surface area contributed by atoms with Crippen LogP contribution in [-0.4, -0.2) is 30.9 Å². The number of urea groups is 1. The summed E-state index contributed by atoms with van der Waals surface area (Å²) in [4.78, 5) is 20.0. The van der Waals surface area contributed by atoms with Gasteiger partial charge in [0.2, 0.25) is 0 Å². The number of hydrogen-bond acceptors (Lipinski definition) is 4. The summed E-state index contributed by atoms with van der Waals surface area (Å²) >= 11 is 1.64. The molecular weight excluding hydrogens is 264 g/mol. The van der Waals surface area contributed by atoms with Crippen molar-refractivity contribution in [3.8, 4) is 0 Å². The van der Waals surface area contributed by atoms with Gasteiger partial charge in [0.1, 0.15) is 0 Å². The van der Waals surface area contributed by atoms with E-state index in [1.165, 1.54) is 0 Å². The second-order valence-electron chi connectivity index (χ2n) is 4.62. The Kier molecular flexibility index (Phi) is 5.18. The van der Waals surface area contributed by atoms with Crippen LogP contribution in [0.15, 0.2) is 17.5 Å². The van der Waals surface area contributed by atoms with Crippen LogP contribution >= 0.6 is 11.3 Å². The third-order valence-electron chi connectivity index (χ3n) is 3.27. The lowest BCUT2D eigenvalue weighted by Gasteiger charge is -2.26. The van der Waals surface area contributed by atoms with Crippen LogP contribution < -0.4 is 5.48 Å². The van der Waals surface area contributed by atoms with Gasteiger partial charge in [0.25, 0.3) is 0 Å². The standard InChI is InChI=1S/C13H20N2O3S/c1-10(11-6-5-9-19-11)15(2)13(16)14-18-12-7-3-4-8-17-12/h5-6,9-10,12H,3-4,7-8H2,1-2H3,(H,14,16). The first kappa shape index (κ1) is 14.3. The topological polar surface area (TPSA) is 50.8 Å². The van der Waals surface area contributed by atoms with Crippen LogP contribution in [0.4, 0.5) is 4.79 Å². The Bertz CT molecular complexity index is 391. The third kappa shape index (κ3) is 3.92. The number of ether oxygens (including phenoxy) is 1. The van der Waals surface area contributed by atoms with Gasteiger partial charge in [-0.05, 0) is 31.2 Å². The van der Waals surface area contributed by atoms with Crippen LogP contribution in [-0.2, 0) is 9.57 Å². The molecule has 0 bridgehead atoms. The van der Waals surface area contributed by atoms with Gasteiger partial charge in [-0.15, -0.1) is 11.3 Å². The van der Waals surface area contributed by atoms with Gasteiger partial charge in [0, 0.05) is 25.0 Å². The zero-order valence-corrected chi connectivity index (χ0v) is 12.1. The van der Waals surface area contributed by atoms with Gasteiger partial charge in [-0.2, -0.15) is 0 Å². The number of hydrogen-bond donors (Lipinski definition) is 1. The molecule has 1 aliphatic rings. The van der Waals surface area contributed by atoms with E-state index < -0.39 is 0 Å². The summed E-state index contributed by atoms with van der Waals surface area (Å²) in [5, 5.41) is 2.00. The molecule has 2 amide bonds. The monoisotopic (exact) mass is 284 g/mol. The van der Waals surface area contributed by atoms with Crippen molar-refractivity contribution in [3.63, 3.8) is 0 Å². The van der Waals surface area contributed by atoms with Crippen molar-refractivity contribution >= 4 is 17.4 Å². The molecule has 2 unspecified atom stereocenters. The van der Waals surface area contributed by atoms with Crippen molar-refractivity contribution in [3.05, 3.63) is 22.4 Å². The maximum absolute atomic E-state index is 12.0. The summed E-state index contributed by atoms with van der Waals surface area (Å²) in [6.07, 6.45) is 2.64. The fraction of sp³-hybridized carbons (Fsp3) is 0.615. The van der Waals surface area contributed by atoms with Gasteiger partial charge in [0.05, 0.1) is 6.04 Å². The van der Waals surface area contributed by atoms with Crippen molar-refractivity contribution in [1.29, 1.82) is 0 Å². The Morgan fingerprint density at radius 3 is 3.11 bits per heavy atom. The molecule has 0 aromatic carbocycles. The van der Waals surface area contributed by atoms with Gasteiger partial charge in [-0.25, -0.2) is 15.1 Å². The van der Waals surface area contributed by atoms with Crippen molar-refractivity contribution < 1.29 is 14.4 Å². The molecule has 6 heteroatoms. The van der Waals surface area contributed by atoms with Crippen molar-refractivity contribution in [2.24, 2.45) is 0 Å². The van der Waals surface area contributed by atoms with E-state index in [9.17, 15) is 4.79 Å². The average molecular weight is 284 g/mol. The number of hydroxylamine groups is 1. The van der Waals surface area contributed by atoms with Crippen molar-refractivity contribution in [2.45, 2.75) is 38.5 Å². The fourth-order valence-electron chi connectivity index (χ4n) is 1.89. The van der Waals surface area contributed by atoms with E-state index >= 15 is 0 Å². The molecule has 2 heterocycles. The highest BCUT2D eigenvalue weighted by Gasteiger charge is 2.20. The Labute approximate surface area is 117 Å². The zero-order chi connectivity index (χ0) is 13.7. The summed E-state index contributed by atoms with van der Waals surface area (Å²) in [7, 11) is 1.75. The molecule has 5 nitrogen and oxygen atoms in total. The lowest BCUT2D eigenvalue weighted by molar-refractivity contribution is -0.187. The minimum absolute atomic E-state index is 0.0240. The van der Waals surface area contributed by atoms with Crippen LogP contribution in [0, 0.1) is 0 Å². The number of carbonyl (C=O) groups excluding carboxylic acids is 1. The molecule has 1 fully saturated rings. The third-order valence-corrected chi connectivity index (χ3v) is 4.31. The fourth-order valence-corrected chi connectivity index (χ4v) is 2.71. The molecule has 1 aromatic rings. The van der Waals surface area contributed by atoms with E-state index in [1.807, 2.05) is 24.4 Å². The smallest absolute Gasteiger partial charge is 0.341 e. The molecule has 1 N–H and O–H groups in total. The molecule has 0 aliphatic carbocycles. The van der Waals surface area contributed by atoms with E-state index in [2.05, 4.69) is 5.48 Å². The lowest BCUT2D eigenvalue weighted by Crippen LogP contribution is -2.41. The predicted octanol–water partition coefficient (Wildman–Crippen LogP) is 2.91. The highest BCUT2D eigenvalue weighted by molar-refractivity contribution is 7.10. The maximum Gasteiger partial charge on any atom is 0.341 e. The SMILES string of the molecule is CC(c1cccs1)N(C)C(=O)NOC1CCCCO1. The molecule has 19 heavy (non-hydrogen) atoms. The van der Waals surface area contributed by atoms with Crippen molar-refractivity contribution in [1.82, 2.24) is 10.4 Å². The van der Waals surface area contributed by atoms with E-state index in [4.69, 9.17) is 9.57 Å². The van der Waals surface area contributed by atoms with E-state index in [0.717, 1.165) is 24.1 Å². The quantitative estimate of drug-likeness (QED) is 0.865. The summed E-state index contributed by atoms with van der Waals surface area (Å²) in [6, 6.07) is 3.77. The van der Waals surface area contributed by atoms with Crippen LogP contribution in [0.3, 0.4) is 0 Å². The number of carbonyl (C=O) groups is 1. The minimum Gasteiger partial charge on any atom is -0.350 e. The van der Waals surface area contributed by atoms with Gasteiger partial charge in [-0.3, -0.25) is 0 Å². The zero-order valence-electron chi connectivity index (χ0n) is 11.3. The molecule has 1 aromatic heterocycles. The van der Waals surface area contributed by atoms with Crippen LogP contribution in [0.5, 0.6) is 0 Å². The van der Waals surface area contributed by atoms with Crippen LogP contribution in [0.25, 0.3) is 0 Å². The average Bonchev–Trinajstić information content (AvgIpc) is 2.98.